The van der Waals surface area contributed by atoms with Crippen LogP contribution in [-0.4, -0.2) is 53.3 Å². The fraction of sp³-hybridized carbons (Fsp3) is 0.875. The molecule has 1 aliphatic carbocycles. The molecule has 1 aliphatic heterocycles. The van der Waals surface area contributed by atoms with Crippen molar-refractivity contribution in [2.75, 3.05) is 19.6 Å². The molecule has 0 aromatic rings. The number of nitrogens with two attached hydrogens (primary N) is 1. The Labute approximate surface area is 127 Å². The monoisotopic (exact) mass is 295 g/mol. The van der Waals surface area contributed by atoms with E-state index in [2.05, 4.69) is 0 Å². The first kappa shape index (κ1) is 16.3. The van der Waals surface area contributed by atoms with E-state index in [4.69, 9.17) is 5.73 Å². The van der Waals surface area contributed by atoms with E-state index in [1.54, 1.807) is 6.92 Å². The van der Waals surface area contributed by atoms with E-state index in [0.717, 1.165) is 45.3 Å². The molecule has 0 spiro atoms. The van der Waals surface area contributed by atoms with Gasteiger partial charge in [0.1, 0.15) is 0 Å². The standard InChI is InChI=1S/C16H29N3O2/c1-11(2)15(17)16(21)18-8-6-13(7-9-18)10-19(12(3)20)14-4-5-14/h11,13-15H,4-10,17H2,1-3H3/t15-/m0/s1. The molecule has 120 valence electrons. The molecule has 2 fully saturated rings. The number of rotatable bonds is 5. The number of nitrogens with zero attached hydrogens (tertiary/aromatic N) is 2. The molecule has 21 heavy (non-hydrogen) atoms. The van der Waals surface area contributed by atoms with Crippen LogP contribution in [0.4, 0.5) is 0 Å². The molecule has 1 heterocycles. The molecule has 2 amide bonds. The van der Waals surface area contributed by atoms with E-state index in [0.29, 0.717) is 12.0 Å². The average Bonchev–Trinajstić information content (AvgIpc) is 3.27. The molecule has 0 aromatic carbocycles. The van der Waals surface area contributed by atoms with Crippen molar-refractivity contribution in [3.63, 3.8) is 0 Å². The Kier molecular flexibility index (Phi) is 5.25. The van der Waals surface area contributed by atoms with Crippen molar-refractivity contribution in [3.05, 3.63) is 0 Å². The number of hydrogen-bond donors (Lipinski definition) is 1. The van der Waals surface area contributed by atoms with Crippen LogP contribution in [0.5, 0.6) is 0 Å². The zero-order valence-corrected chi connectivity index (χ0v) is 13.5. The van der Waals surface area contributed by atoms with E-state index < -0.39 is 0 Å². The van der Waals surface area contributed by atoms with Crippen LogP contribution in [0.1, 0.15) is 46.5 Å². The Bertz CT molecular complexity index is 385. The molecular weight excluding hydrogens is 266 g/mol. The number of likely N-dealkylation sites (tertiary alicyclic amines) is 1. The van der Waals surface area contributed by atoms with Crippen molar-refractivity contribution >= 4 is 11.8 Å². The van der Waals surface area contributed by atoms with Crippen molar-refractivity contribution in [3.8, 4) is 0 Å². The third kappa shape index (κ3) is 4.19. The van der Waals surface area contributed by atoms with Crippen molar-refractivity contribution in [2.45, 2.75) is 58.5 Å². The second kappa shape index (κ2) is 6.77. The summed E-state index contributed by atoms with van der Waals surface area (Å²) < 4.78 is 0. The lowest BCUT2D eigenvalue weighted by Crippen LogP contribution is -2.50. The number of carbonyl (C=O) groups excluding carboxylic acids is 2. The summed E-state index contributed by atoms with van der Waals surface area (Å²) in [6, 6.07) is 0.0956. The Balaban J connectivity index is 1.80. The highest BCUT2D eigenvalue weighted by atomic mass is 16.2. The van der Waals surface area contributed by atoms with Gasteiger partial charge in [-0.3, -0.25) is 9.59 Å². The van der Waals surface area contributed by atoms with Crippen molar-refractivity contribution in [1.29, 1.82) is 0 Å². The molecule has 5 nitrogen and oxygen atoms in total. The second-order valence-corrected chi connectivity index (χ2v) is 6.94. The van der Waals surface area contributed by atoms with Gasteiger partial charge in [-0.2, -0.15) is 0 Å². The molecule has 0 unspecified atom stereocenters. The van der Waals surface area contributed by atoms with Crippen LogP contribution in [-0.2, 0) is 9.59 Å². The highest BCUT2D eigenvalue weighted by Gasteiger charge is 2.34. The van der Waals surface area contributed by atoms with Gasteiger partial charge in [0.25, 0.3) is 0 Å². The summed E-state index contributed by atoms with van der Waals surface area (Å²) in [6.07, 6.45) is 4.26. The average molecular weight is 295 g/mol. The lowest BCUT2D eigenvalue weighted by Gasteiger charge is -2.36. The first-order valence-corrected chi connectivity index (χ1v) is 8.21. The molecule has 1 saturated carbocycles. The van der Waals surface area contributed by atoms with E-state index in [-0.39, 0.29) is 23.8 Å². The molecule has 0 bridgehead atoms. The number of amides is 2. The fourth-order valence-electron chi connectivity index (χ4n) is 3.03. The van der Waals surface area contributed by atoms with Gasteiger partial charge in [-0.15, -0.1) is 0 Å². The van der Waals surface area contributed by atoms with Gasteiger partial charge in [0, 0.05) is 32.6 Å². The Morgan fingerprint density at radius 3 is 2.19 bits per heavy atom. The highest BCUT2D eigenvalue weighted by Crippen LogP contribution is 2.29. The van der Waals surface area contributed by atoms with Gasteiger partial charge in [0.15, 0.2) is 0 Å². The largest absolute Gasteiger partial charge is 0.341 e. The Morgan fingerprint density at radius 2 is 1.76 bits per heavy atom. The summed E-state index contributed by atoms with van der Waals surface area (Å²) >= 11 is 0. The zero-order chi connectivity index (χ0) is 15.6. The lowest BCUT2D eigenvalue weighted by atomic mass is 9.94. The van der Waals surface area contributed by atoms with Gasteiger partial charge in [0.2, 0.25) is 11.8 Å². The molecule has 0 radical (unpaired) electrons. The second-order valence-electron chi connectivity index (χ2n) is 6.94. The fourth-order valence-corrected chi connectivity index (χ4v) is 3.03. The maximum Gasteiger partial charge on any atom is 0.239 e. The quantitative estimate of drug-likeness (QED) is 0.829. The topological polar surface area (TPSA) is 66.6 Å². The van der Waals surface area contributed by atoms with Gasteiger partial charge >= 0.3 is 0 Å². The number of hydrogen-bond acceptors (Lipinski definition) is 3. The summed E-state index contributed by atoms with van der Waals surface area (Å²) in [5, 5.41) is 0. The van der Waals surface area contributed by atoms with Crippen LogP contribution in [0.25, 0.3) is 0 Å². The minimum Gasteiger partial charge on any atom is -0.341 e. The summed E-state index contributed by atoms with van der Waals surface area (Å²) in [6.45, 7) is 8.04. The van der Waals surface area contributed by atoms with E-state index in [9.17, 15) is 9.59 Å². The smallest absolute Gasteiger partial charge is 0.239 e. The SMILES string of the molecule is CC(=O)N(CC1CCN(C(=O)[C@@H](N)C(C)C)CC1)C1CC1. The van der Waals surface area contributed by atoms with E-state index in [1.807, 2.05) is 23.6 Å². The predicted molar refractivity (Wildman–Crippen MR) is 82.5 cm³/mol. The summed E-state index contributed by atoms with van der Waals surface area (Å²) in [4.78, 5) is 27.8. The summed E-state index contributed by atoms with van der Waals surface area (Å²) in [7, 11) is 0. The van der Waals surface area contributed by atoms with Crippen molar-refractivity contribution in [1.82, 2.24) is 9.80 Å². The van der Waals surface area contributed by atoms with Crippen LogP contribution in [0.15, 0.2) is 0 Å². The molecule has 1 saturated heterocycles. The zero-order valence-electron chi connectivity index (χ0n) is 13.5. The van der Waals surface area contributed by atoms with Gasteiger partial charge < -0.3 is 15.5 Å². The van der Waals surface area contributed by atoms with E-state index in [1.165, 1.54) is 0 Å². The molecule has 5 heteroatoms. The third-order valence-corrected chi connectivity index (χ3v) is 4.78. The van der Waals surface area contributed by atoms with Crippen molar-refractivity contribution in [2.24, 2.45) is 17.6 Å². The minimum absolute atomic E-state index is 0.0778. The molecular formula is C16H29N3O2. The number of piperidine rings is 1. The van der Waals surface area contributed by atoms with Gasteiger partial charge in [0.05, 0.1) is 6.04 Å². The van der Waals surface area contributed by atoms with Crippen molar-refractivity contribution < 1.29 is 9.59 Å². The molecule has 2 aliphatic rings. The molecule has 0 aromatic heterocycles. The van der Waals surface area contributed by atoms with Crippen LogP contribution >= 0.6 is 0 Å². The van der Waals surface area contributed by atoms with E-state index >= 15 is 0 Å². The maximum atomic E-state index is 12.2. The first-order chi connectivity index (χ1) is 9.90. The molecule has 2 N–H and O–H groups in total. The predicted octanol–water partition coefficient (Wildman–Crippen LogP) is 1.22. The van der Waals surface area contributed by atoms with Crippen LogP contribution in [0, 0.1) is 11.8 Å². The van der Waals surface area contributed by atoms with Crippen LogP contribution < -0.4 is 5.73 Å². The minimum atomic E-state index is -0.387. The van der Waals surface area contributed by atoms with Gasteiger partial charge in [-0.05, 0) is 37.5 Å². The Hall–Kier alpha value is -1.10. The summed E-state index contributed by atoms with van der Waals surface area (Å²) in [5.74, 6) is 0.971. The van der Waals surface area contributed by atoms with Gasteiger partial charge in [-0.1, -0.05) is 13.8 Å². The third-order valence-electron chi connectivity index (χ3n) is 4.78. The normalized spacial score (nSPS) is 21.5. The highest BCUT2D eigenvalue weighted by molar-refractivity contribution is 5.82. The maximum absolute atomic E-state index is 12.2. The lowest BCUT2D eigenvalue weighted by molar-refractivity contribution is -0.136. The molecule has 1 atom stereocenters. The summed E-state index contributed by atoms with van der Waals surface area (Å²) in [5.41, 5.74) is 5.95. The van der Waals surface area contributed by atoms with Gasteiger partial charge in [-0.25, -0.2) is 0 Å². The first-order valence-electron chi connectivity index (χ1n) is 8.21. The van der Waals surface area contributed by atoms with Crippen LogP contribution in [0.3, 0.4) is 0 Å². The van der Waals surface area contributed by atoms with Crippen LogP contribution in [0.2, 0.25) is 0 Å². The molecule has 2 rings (SSSR count). The number of carbonyl (C=O) groups is 2. The Morgan fingerprint density at radius 1 is 1.19 bits per heavy atom.